The Morgan fingerprint density at radius 3 is 2.04 bits per heavy atom. The second-order valence-electron chi connectivity index (χ2n) is 9.11. The van der Waals surface area contributed by atoms with Crippen molar-refractivity contribution in [2.75, 3.05) is 0 Å². The zero-order valence-electron chi connectivity index (χ0n) is 18.5. The van der Waals surface area contributed by atoms with E-state index in [-0.39, 0.29) is 0 Å². The zero-order chi connectivity index (χ0) is 20.5. The van der Waals surface area contributed by atoms with Gasteiger partial charge in [-0.3, -0.25) is 0 Å². The van der Waals surface area contributed by atoms with Crippen LogP contribution in [0.15, 0.2) is 50.6 Å². The fourth-order valence-corrected chi connectivity index (χ4v) is 5.65. The second-order valence-corrected chi connectivity index (χ2v) is 9.11. The minimum atomic E-state index is 0.785. The monoisotopic (exact) mass is 378 g/mol. The molecule has 28 heavy (non-hydrogen) atoms. The van der Waals surface area contributed by atoms with Crippen LogP contribution in [0, 0.1) is 24.7 Å². The molecule has 0 aromatic heterocycles. The Hall–Kier alpha value is -1.56. The van der Waals surface area contributed by atoms with Gasteiger partial charge in [0.1, 0.15) is 0 Å². The van der Waals surface area contributed by atoms with Crippen LogP contribution in [0.4, 0.5) is 0 Å². The first kappa shape index (κ1) is 22.7. The number of rotatable bonds is 6. The number of allylic oxidation sites excluding steroid dienone is 2. The van der Waals surface area contributed by atoms with E-state index in [1.807, 2.05) is 0 Å². The molecule has 0 unspecified atom stereocenters. The molecular weight excluding hydrogens is 336 g/mol. The Morgan fingerprint density at radius 1 is 0.964 bits per heavy atom. The van der Waals surface area contributed by atoms with Crippen LogP contribution in [-0.4, -0.2) is 0 Å². The summed E-state index contributed by atoms with van der Waals surface area (Å²) in [6.07, 6.45) is 16.3. The van der Waals surface area contributed by atoms with Crippen LogP contribution in [0.2, 0.25) is 0 Å². The summed E-state index contributed by atoms with van der Waals surface area (Å²) in [7, 11) is 0. The highest BCUT2D eigenvalue weighted by Crippen LogP contribution is 2.44. The van der Waals surface area contributed by atoms with Gasteiger partial charge in [-0.1, -0.05) is 49.3 Å². The first-order chi connectivity index (χ1) is 13.6. The summed E-state index contributed by atoms with van der Waals surface area (Å²) >= 11 is 0. The van der Waals surface area contributed by atoms with Gasteiger partial charge in [0.25, 0.3) is 0 Å². The molecule has 2 saturated carbocycles. The van der Waals surface area contributed by atoms with Crippen molar-refractivity contribution in [1.29, 1.82) is 0 Å². The van der Waals surface area contributed by atoms with Gasteiger partial charge in [0.15, 0.2) is 0 Å². The highest BCUT2D eigenvalue weighted by molar-refractivity contribution is 5.64. The molecule has 0 spiro atoms. The standard InChI is InChI=1S/C26H38.C2H4/c1-5-6-7-21-8-10-22(11-9-21)23-12-14-24(15-13-23)25-16-17-26(19(2)3)20(4)18-25;1-2/h5,16-18,21-24H,1-2,6-15H2,3-4H3;1-2H2. The molecule has 1 aromatic carbocycles. The molecular formula is C28H42. The molecule has 3 rings (SSSR count). The molecule has 0 atom stereocenters. The maximum absolute atomic E-state index is 4.11. The Balaban J connectivity index is 0.00000136. The summed E-state index contributed by atoms with van der Waals surface area (Å²) in [5, 5.41) is 0. The molecule has 2 fully saturated rings. The van der Waals surface area contributed by atoms with Crippen LogP contribution in [0.5, 0.6) is 0 Å². The maximum Gasteiger partial charge on any atom is -0.0162 e. The fourth-order valence-electron chi connectivity index (χ4n) is 5.65. The van der Waals surface area contributed by atoms with Gasteiger partial charge >= 0.3 is 0 Å². The van der Waals surface area contributed by atoms with Crippen LogP contribution in [-0.2, 0) is 0 Å². The van der Waals surface area contributed by atoms with E-state index in [9.17, 15) is 0 Å². The molecule has 0 bridgehead atoms. The largest absolute Gasteiger partial charge is 0.106 e. The van der Waals surface area contributed by atoms with Crippen LogP contribution in [0.3, 0.4) is 0 Å². The average Bonchev–Trinajstić information content (AvgIpc) is 2.74. The third-order valence-corrected chi connectivity index (χ3v) is 7.29. The molecule has 0 radical (unpaired) electrons. The Kier molecular flexibility index (Phi) is 9.29. The van der Waals surface area contributed by atoms with E-state index >= 15 is 0 Å². The molecule has 0 nitrogen and oxygen atoms in total. The normalized spacial score (nSPS) is 27.4. The molecule has 0 heterocycles. The van der Waals surface area contributed by atoms with Gasteiger partial charge in [-0.15, -0.1) is 19.7 Å². The quantitative estimate of drug-likeness (QED) is 0.433. The van der Waals surface area contributed by atoms with Crippen molar-refractivity contribution < 1.29 is 0 Å². The van der Waals surface area contributed by atoms with Gasteiger partial charge in [0, 0.05) is 0 Å². The maximum atomic E-state index is 4.11. The first-order valence-electron chi connectivity index (χ1n) is 11.5. The summed E-state index contributed by atoms with van der Waals surface area (Å²) < 4.78 is 0. The lowest BCUT2D eigenvalue weighted by Crippen LogP contribution is -2.25. The summed E-state index contributed by atoms with van der Waals surface area (Å²) in [6, 6.07) is 7.09. The molecule has 154 valence electrons. The van der Waals surface area contributed by atoms with Gasteiger partial charge in [0.2, 0.25) is 0 Å². The van der Waals surface area contributed by atoms with Crippen molar-refractivity contribution in [3.05, 3.63) is 67.3 Å². The number of hydrogen-bond donors (Lipinski definition) is 0. The Morgan fingerprint density at radius 2 is 1.54 bits per heavy atom. The summed E-state index contributed by atoms with van der Waals surface area (Å²) in [4.78, 5) is 0. The molecule has 0 amide bonds. The van der Waals surface area contributed by atoms with Gasteiger partial charge in [-0.25, -0.2) is 0 Å². The third-order valence-electron chi connectivity index (χ3n) is 7.29. The molecule has 2 aliphatic carbocycles. The second kappa shape index (κ2) is 11.4. The van der Waals surface area contributed by atoms with Crippen molar-refractivity contribution in [2.24, 2.45) is 17.8 Å². The predicted molar refractivity (Wildman–Crippen MR) is 127 cm³/mol. The van der Waals surface area contributed by atoms with Crippen molar-refractivity contribution in [2.45, 2.75) is 84.0 Å². The minimum absolute atomic E-state index is 0.785. The minimum Gasteiger partial charge on any atom is -0.106 e. The van der Waals surface area contributed by atoms with Gasteiger partial charge in [-0.2, -0.15) is 0 Å². The molecule has 0 heteroatoms. The molecule has 1 aromatic rings. The van der Waals surface area contributed by atoms with E-state index in [1.165, 1.54) is 80.9 Å². The van der Waals surface area contributed by atoms with Crippen LogP contribution in [0.1, 0.15) is 93.7 Å². The van der Waals surface area contributed by atoms with E-state index in [0.29, 0.717) is 0 Å². The van der Waals surface area contributed by atoms with Crippen molar-refractivity contribution in [3.8, 4) is 0 Å². The highest BCUT2D eigenvalue weighted by Gasteiger charge is 2.31. The summed E-state index contributed by atoms with van der Waals surface area (Å²) in [5.74, 6) is 3.79. The Bertz CT molecular complexity index is 621. The van der Waals surface area contributed by atoms with Crippen molar-refractivity contribution in [3.63, 3.8) is 0 Å². The third kappa shape index (κ3) is 5.97. The summed E-state index contributed by atoms with van der Waals surface area (Å²) in [6.45, 7) is 18.3. The fraction of sp³-hybridized carbons (Fsp3) is 0.571. The van der Waals surface area contributed by atoms with Gasteiger partial charge in [0.05, 0.1) is 0 Å². The van der Waals surface area contributed by atoms with Crippen molar-refractivity contribution in [1.82, 2.24) is 0 Å². The lowest BCUT2D eigenvalue weighted by molar-refractivity contribution is 0.157. The van der Waals surface area contributed by atoms with E-state index < -0.39 is 0 Å². The number of hydrogen-bond acceptors (Lipinski definition) is 0. The predicted octanol–water partition coefficient (Wildman–Crippen LogP) is 8.88. The van der Waals surface area contributed by atoms with E-state index in [1.54, 1.807) is 5.56 Å². The number of benzene rings is 1. The SMILES string of the molecule is C=C.C=CCCC1CCC(C2CCC(c3ccc(C(=C)C)c(C)c3)CC2)CC1. The van der Waals surface area contributed by atoms with Gasteiger partial charge < -0.3 is 0 Å². The molecule has 0 saturated heterocycles. The van der Waals surface area contributed by atoms with E-state index in [2.05, 4.69) is 64.4 Å². The summed E-state index contributed by atoms with van der Waals surface area (Å²) in [5.41, 5.74) is 5.48. The smallest absolute Gasteiger partial charge is 0.0162 e. The van der Waals surface area contributed by atoms with Crippen molar-refractivity contribution >= 4 is 5.57 Å². The van der Waals surface area contributed by atoms with Crippen LogP contribution >= 0.6 is 0 Å². The van der Waals surface area contributed by atoms with Crippen LogP contribution in [0.25, 0.3) is 5.57 Å². The number of aryl methyl sites for hydroxylation is 1. The highest BCUT2D eigenvalue weighted by atomic mass is 14.4. The molecule has 0 N–H and O–H groups in total. The first-order valence-corrected chi connectivity index (χ1v) is 11.5. The Labute approximate surface area is 174 Å². The lowest BCUT2D eigenvalue weighted by atomic mass is 9.68. The topological polar surface area (TPSA) is 0 Å². The molecule has 2 aliphatic rings. The average molecular weight is 379 g/mol. The lowest BCUT2D eigenvalue weighted by Gasteiger charge is -2.38. The van der Waals surface area contributed by atoms with E-state index in [0.717, 1.165) is 23.7 Å². The zero-order valence-corrected chi connectivity index (χ0v) is 18.5. The van der Waals surface area contributed by atoms with E-state index in [4.69, 9.17) is 0 Å². The van der Waals surface area contributed by atoms with Crippen LogP contribution < -0.4 is 0 Å². The van der Waals surface area contributed by atoms with Gasteiger partial charge in [-0.05, 0) is 106 Å². The molecule has 0 aliphatic heterocycles.